The molecule has 0 fully saturated rings. The van der Waals surface area contributed by atoms with E-state index in [0.717, 1.165) is 12.1 Å². The van der Waals surface area contributed by atoms with Gasteiger partial charge < -0.3 is 0 Å². The number of aromatic nitrogens is 1. The third-order valence-corrected chi connectivity index (χ3v) is 3.47. The first kappa shape index (κ1) is 9.20. The van der Waals surface area contributed by atoms with E-state index in [2.05, 4.69) is 33.2 Å². The predicted octanol–water partition coefficient (Wildman–Crippen LogP) is 3.17. The molecule has 0 aliphatic heterocycles. The molecule has 1 nitrogen and oxygen atoms in total. The lowest BCUT2D eigenvalue weighted by Crippen LogP contribution is -1.99. The summed E-state index contributed by atoms with van der Waals surface area (Å²) in [6.45, 7) is 4.22. The maximum atomic E-state index is 4.39. The molecule has 0 amide bonds. The van der Waals surface area contributed by atoms with Crippen molar-refractivity contribution in [2.24, 2.45) is 0 Å². The monoisotopic (exact) mass is 233 g/mol. The van der Waals surface area contributed by atoms with Crippen molar-refractivity contribution >= 4 is 27.3 Å². The normalized spacial score (nSPS) is 13.4. The van der Waals surface area contributed by atoms with Crippen LogP contribution in [-0.2, 0) is 6.42 Å². The SMILES string of the molecule is CCC(Br)Cc1nc(C)cs1. The Morgan fingerprint density at radius 3 is 2.91 bits per heavy atom. The fourth-order valence-corrected chi connectivity index (χ4v) is 2.20. The second-order valence-corrected chi connectivity index (χ2v) is 4.83. The van der Waals surface area contributed by atoms with E-state index < -0.39 is 0 Å². The minimum Gasteiger partial charge on any atom is -0.247 e. The molecule has 0 aliphatic carbocycles. The Morgan fingerprint density at radius 2 is 2.45 bits per heavy atom. The lowest BCUT2D eigenvalue weighted by atomic mass is 10.3. The van der Waals surface area contributed by atoms with Gasteiger partial charge in [-0.05, 0) is 13.3 Å². The Bertz CT molecular complexity index is 222. The highest BCUT2D eigenvalue weighted by molar-refractivity contribution is 9.09. The van der Waals surface area contributed by atoms with E-state index in [1.807, 2.05) is 6.92 Å². The molecule has 0 saturated heterocycles. The van der Waals surface area contributed by atoms with Crippen LogP contribution in [0, 0.1) is 6.92 Å². The maximum Gasteiger partial charge on any atom is 0.0939 e. The van der Waals surface area contributed by atoms with Crippen LogP contribution in [0.15, 0.2) is 5.38 Å². The molecule has 0 spiro atoms. The van der Waals surface area contributed by atoms with Gasteiger partial charge in [0.1, 0.15) is 0 Å². The largest absolute Gasteiger partial charge is 0.247 e. The van der Waals surface area contributed by atoms with Crippen LogP contribution in [0.1, 0.15) is 24.0 Å². The second-order valence-electron chi connectivity index (χ2n) is 2.59. The van der Waals surface area contributed by atoms with Crippen molar-refractivity contribution in [3.8, 4) is 0 Å². The zero-order valence-electron chi connectivity index (χ0n) is 6.80. The van der Waals surface area contributed by atoms with Crippen LogP contribution in [0.2, 0.25) is 0 Å². The van der Waals surface area contributed by atoms with Gasteiger partial charge >= 0.3 is 0 Å². The molecule has 0 aliphatic rings. The molecule has 11 heavy (non-hydrogen) atoms. The van der Waals surface area contributed by atoms with Gasteiger partial charge in [-0.25, -0.2) is 4.98 Å². The average Bonchev–Trinajstić information content (AvgIpc) is 2.35. The minimum absolute atomic E-state index is 0.591. The molecule has 1 heterocycles. The van der Waals surface area contributed by atoms with Gasteiger partial charge in [-0.15, -0.1) is 11.3 Å². The Labute approximate surface area is 80.0 Å². The molecule has 1 unspecified atom stereocenters. The second kappa shape index (κ2) is 4.21. The molecule has 3 heteroatoms. The van der Waals surface area contributed by atoms with Gasteiger partial charge in [-0.3, -0.25) is 0 Å². The minimum atomic E-state index is 0.591. The van der Waals surface area contributed by atoms with Crippen LogP contribution >= 0.6 is 27.3 Å². The highest BCUT2D eigenvalue weighted by Crippen LogP contribution is 2.16. The summed E-state index contributed by atoms with van der Waals surface area (Å²) in [5.74, 6) is 0. The lowest BCUT2D eigenvalue weighted by Gasteiger charge is -2.01. The molecular formula is C8H12BrNS. The molecule has 0 radical (unpaired) electrons. The van der Waals surface area contributed by atoms with Gasteiger partial charge in [0.2, 0.25) is 0 Å². The fourth-order valence-electron chi connectivity index (χ4n) is 0.830. The van der Waals surface area contributed by atoms with Gasteiger partial charge in [0, 0.05) is 22.3 Å². The molecule has 1 rings (SSSR count). The lowest BCUT2D eigenvalue weighted by molar-refractivity contribution is 0.821. The van der Waals surface area contributed by atoms with Gasteiger partial charge in [-0.2, -0.15) is 0 Å². The van der Waals surface area contributed by atoms with Gasteiger partial charge in [-0.1, -0.05) is 22.9 Å². The van der Waals surface area contributed by atoms with Crippen LogP contribution in [0.4, 0.5) is 0 Å². The van der Waals surface area contributed by atoms with Crippen LogP contribution in [-0.4, -0.2) is 9.81 Å². The van der Waals surface area contributed by atoms with Crippen molar-refractivity contribution in [1.82, 2.24) is 4.98 Å². The van der Waals surface area contributed by atoms with Crippen molar-refractivity contribution in [3.05, 3.63) is 16.1 Å². The fraction of sp³-hybridized carbons (Fsp3) is 0.625. The number of nitrogens with zero attached hydrogens (tertiary/aromatic N) is 1. The third-order valence-electron chi connectivity index (χ3n) is 1.51. The zero-order chi connectivity index (χ0) is 8.27. The summed E-state index contributed by atoms with van der Waals surface area (Å²) in [6, 6.07) is 0. The Morgan fingerprint density at radius 1 is 1.73 bits per heavy atom. The first-order chi connectivity index (χ1) is 5.22. The first-order valence-corrected chi connectivity index (χ1v) is 5.57. The summed E-state index contributed by atoms with van der Waals surface area (Å²) in [4.78, 5) is 4.98. The van der Waals surface area contributed by atoms with Crippen LogP contribution in [0.5, 0.6) is 0 Å². The highest BCUT2D eigenvalue weighted by atomic mass is 79.9. The number of rotatable bonds is 3. The average molecular weight is 234 g/mol. The molecular weight excluding hydrogens is 222 g/mol. The number of hydrogen-bond acceptors (Lipinski definition) is 2. The van der Waals surface area contributed by atoms with Crippen LogP contribution in [0.3, 0.4) is 0 Å². The zero-order valence-corrected chi connectivity index (χ0v) is 9.20. The summed E-state index contributed by atoms with van der Waals surface area (Å²) in [6.07, 6.45) is 2.23. The van der Waals surface area contributed by atoms with E-state index >= 15 is 0 Å². The Kier molecular flexibility index (Phi) is 3.52. The predicted molar refractivity (Wildman–Crippen MR) is 53.6 cm³/mol. The van der Waals surface area contributed by atoms with E-state index in [1.165, 1.54) is 11.4 Å². The Hall–Kier alpha value is 0.110. The summed E-state index contributed by atoms with van der Waals surface area (Å²) >= 11 is 5.34. The molecule has 1 aromatic heterocycles. The van der Waals surface area contributed by atoms with Gasteiger partial charge in [0.25, 0.3) is 0 Å². The first-order valence-electron chi connectivity index (χ1n) is 3.77. The maximum absolute atomic E-state index is 4.39. The molecule has 1 atom stereocenters. The summed E-state index contributed by atoms with van der Waals surface area (Å²) < 4.78 is 0. The Balaban J connectivity index is 2.50. The topological polar surface area (TPSA) is 12.9 Å². The smallest absolute Gasteiger partial charge is 0.0939 e. The molecule has 0 N–H and O–H groups in total. The number of alkyl halides is 1. The van der Waals surface area contributed by atoms with E-state index in [-0.39, 0.29) is 0 Å². The number of aryl methyl sites for hydroxylation is 1. The summed E-state index contributed by atoms with van der Waals surface area (Å²) in [5.41, 5.74) is 1.14. The highest BCUT2D eigenvalue weighted by Gasteiger charge is 2.04. The number of hydrogen-bond donors (Lipinski definition) is 0. The standard InChI is InChI=1S/C8H12BrNS/c1-3-7(9)4-8-10-6(2)5-11-8/h5,7H,3-4H2,1-2H3. The van der Waals surface area contributed by atoms with E-state index in [0.29, 0.717) is 4.83 Å². The summed E-state index contributed by atoms with van der Waals surface area (Å²) in [7, 11) is 0. The van der Waals surface area contributed by atoms with Crippen molar-refractivity contribution in [3.63, 3.8) is 0 Å². The van der Waals surface area contributed by atoms with E-state index in [9.17, 15) is 0 Å². The van der Waals surface area contributed by atoms with E-state index in [4.69, 9.17) is 0 Å². The molecule has 62 valence electrons. The van der Waals surface area contributed by atoms with Crippen molar-refractivity contribution in [2.45, 2.75) is 31.5 Å². The molecule has 1 aromatic rings. The van der Waals surface area contributed by atoms with Gasteiger partial charge in [0.05, 0.1) is 5.01 Å². The van der Waals surface area contributed by atoms with Crippen LogP contribution < -0.4 is 0 Å². The van der Waals surface area contributed by atoms with Gasteiger partial charge in [0.15, 0.2) is 0 Å². The molecule has 0 bridgehead atoms. The number of halogens is 1. The van der Waals surface area contributed by atoms with Crippen molar-refractivity contribution < 1.29 is 0 Å². The van der Waals surface area contributed by atoms with Crippen molar-refractivity contribution in [1.29, 1.82) is 0 Å². The molecule has 0 saturated carbocycles. The quantitative estimate of drug-likeness (QED) is 0.732. The van der Waals surface area contributed by atoms with E-state index in [1.54, 1.807) is 11.3 Å². The van der Waals surface area contributed by atoms with Crippen LogP contribution in [0.25, 0.3) is 0 Å². The number of thiazole rings is 1. The summed E-state index contributed by atoms with van der Waals surface area (Å²) in [5, 5.41) is 3.34. The third kappa shape index (κ3) is 2.91. The van der Waals surface area contributed by atoms with Crippen molar-refractivity contribution in [2.75, 3.05) is 0 Å². The molecule has 0 aromatic carbocycles.